The molecule has 3 heterocycles. The van der Waals surface area contributed by atoms with Crippen molar-refractivity contribution >= 4 is 29.0 Å². The van der Waals surface area contributed by atoms with Gasteiger partial charge in [-0.15, -0.1) is 23.1 Å². The van der Waals surface area contributed by atoms with Gasteiger partial charge in [0, 0.05) is 44.5 Å². The number of hydrogen-bond donors (Lipinski definition) is 1. The van der Waals surface area contributed by atoms with Crippen molar-refractivity contribution in [1.29, 1.82) is 0 Å². The molecule has 0 aliphatic carbocycles. The number of rotatable bonds is 8. The molecule has 158 valence electrons. The lowest BCUT2D eigenvalue weighted by atomic mass is 10.1. The first-order chi connectivity index (χ1) is 14.7. The van der Waals surface area contributed by atoms with Crippen LogP contribution in [0.1, 0.15) is 17.4 Å². The second-order valence-electron chi connectivity index (χ2n) is 7.26. The fourth-order valence-corrected chi connectivity index (χ4v) is 4.93. The van der Waals surface area contributed by atoms with E-state index in [1.54, 1.807) is 23.1 Å². The van der Waals surface area contributed by atoms with Gasteiger partial charge in [-0.3, -0.25) is 9.69 Å². The summed E-state index contributed by atoms with van der Waals surface area (Å²) in [6, 6.07) is 15.6. The normalized spacial score (nSPS) is 16.0. The highest BCUT2D eigenvalue weighted by Crippen LogP contribution is 2.26. The van der Waals surface area contributed by atoms with E-state index in [0.29, 0.717) is 31.1 Å². The minimum absolute atomic E-state index is 0.158. The maximum atomic E-state index is 12.5. The lowest BCUT2D eigenvalue weighted by Crippen LogP contribution is -2.50. The first kappa shape index (κ1) is 21.1. The van der Waals surface area contributed by atoms with Crippen molar-refractivity contribution in [2.24, 2.45) is 0 Å². The molecular formula is C22H25N3O3S2. The molecule has 1 saturated heterocycles. The van der Waals surface area contributed by atoms with E-state index < -0.39 is 6.10 Å². The number of piperazine rings is 1. The minimum atomic E-state index is -0.495. The number of thioether (sulfide) groups is 1. The molecule has 1 aliphatic heterocycles. The van der Waals surface area contributed by atoms with Gasteiger partial charge in [0.1, 0.15) is 0 Å². The number of hydrogen-bond acceptors (Lipinski definition) is 7. The maximum absolute atomic E-state index is 12.5. The molecule has 1 amide bonds. The number of benzene rings is 1. The second kappa shape index (κ2) is 10.3. The highest BCUT2D eigenvalue weighted by Gasteiger charge is 2.23. The van der Waals surface area contributed by atoms with Gasteiger partial charge >= 0.3 is 0 Å². The number of β-amino-alcohol motifs (C(OH)–C–C–N with tert-alkyl or cyclic N) is 1. The van der Waals surface area contributed by atoms with Gasteiger partial charge in [0.05, 0.1) is 22.4 Å². The van der Waals surface area contributed by atoms with E-state index in [1.165, 1.54) is 0 Å². The van der Waals surface area contributed by atoms with Gasteiger partial charge in [0.15, 0.2) is 5.76 Å². The third-order valence-electron chi connectivity index (χ3n) is 5.14. The summed E-state index contributed by atoms with van der Waals surface area (Å²) in [5.74, 6) is 2.03. The molecule has 1 fully saturated rings. The molecule has 1 N–H and O–H groups in total. The number of carbonyl (C=O) groups excluding carboxylic acids is 1. The largest absolute Gasteiger partial charge is 0.387 e. The molecule has 6 nitrogen and oxygen atoms in total. The van der Waals surface area contributed by atoms with Gasteiger partial charge in [-0.05, 0) is 17.0 Å². The molecule has 1 unspecified atom stereocenters. The van der Waals surface area contributed by atoms with Gasteiger partial charge < -0.3 is 14.5 Å². The van der Waals surface area contributed by atoms with Crippen LogP contribution in [0.25, 0.3) is 10.6 Å². The number of aliphatic hydroxyl groups excluding tert-OH is 1. The summed E-state index contributed by atoms with van der Waals surface area (Å²) in [7, 11) is 0. The molecule has 1 atom stereocenters. The van der Waals surface area contributed by atoms with Crippen LogP contribution in [-0.4, -0.2) is 64.4 Å². The van der Waals surface area contributed by atoms with Crippen LogP contribution in [0.2, 0.25) is 0 Å². The van der Waals surface area contributed by atoms with E-state index >= 15 is 0 Å². The third kappa shape index (κ3) is 5.51. The summed E-state index contributed by atoms with van der Waals surface area (Å²) >= 11 is 3.18. The lowest BCUT2D eigenvalue weighted by molar-refractivity contribution is -0.130. The van der Waals surface area contributed by atoms with Crippen molar-refractivity contribution in [2.45, 2.75) is 11.9 Å². The highest BCUT2D eigenvalue weighted by molar-refractivity contribution is 7.99. The molecule has 3 aromatic rings. The number of amides is 1. The van der Waals surface area contributed by atoms with Crippen molar-refractivity contribution in [1.82, 2.24) is 15.0 Å². The second-order valence-corrected chi connectivity index (χ2v) is 9.19. The number of carbonyl (C=O) groups is 1. The standard InChI is InChI=1S/C22H25N3O3S2/c26-19(17-5-2-1-3-6-17)14-24-8-10-25(11-9-24)22(27)16-29-15-18-13-20(28-23-18)21-7-4-12-30-21/h1-7,12-13,19,26H,8-11,14-16H2. The lowest BCUT2D eigenvalue weighted by Gasteiger charge is -2.35. The minimum Gasteiger partial charge on any atom is -0.387 e. The van der Waals surface area contributed by atoms with Crippen LogP contribution < -0.4 is 0 Å². The van der Waals surface area contributed by atoms with E-state index in [1.807, 2.05) is 58.8 Å². The van der Waals surface area contributed by atoms with Crippen LogP contribution in [0, 0.1) is 0 Å². The zero-order chi connectivity index (χ0) is 20.8. The van der Waals surface area contributed by atoms with Crippen LogP contribution in [-0.2, 0) is 10.5 Å². The summed E-state index contributed by atoms with van der Waals surface area (Å²) in [6.45, 7) is 3.57. The Kier molecular flexibility index (Phi) is 7.22. The first-order valence-electron chi connectivity index (χ1n) is 9.99. The molecule has 4 rings (SSSR count). The Balaban J connectivity index is 1.17. The van der Waals surface area contributed by atoms with Gasteiger partial charge in [-0.25, -0.2) is 0 Å². The average Bonchev–Trinajstić information content (AvgIpc) is 3.47. The van der Waals surface area contributed by atoms with Gasteiger partial charge in [0.2, 0.25) is 5.91 Å². The molecule has 2 aromatic heterocycles. The summed E-state index contributed by atoms with van der Waals surface area (Å²) in [5.41, 5.74) is 1.79. The predicted octanol–water partition coefficient (Wildman–Crippen LogP) is 3.51. The number of nitrogens with zero attached hydrogens (tertiary/aromatic N) is 3. The molecular weight excluding hydrogens is 418 g/mol. The molecule has 1 aromatic carbocycles. The van der Waals surface area contributed by atoms with Crippen molar-refractivity contribution in [2.75, 3.05) is 38.5 Å². The Hall–Kier alpha value is -2.13. The van der Waals surface area contributed by atoms with Crippen LogP contribution >= 0.6 is 23.1 Å². The Bertz CT molecular complexity index is 922. The zero-order valence-electron chi connectivity index (χ0n) is 16.6. The number of thiophene rings is 1. The molecule has 0 bridgehead atoms. The summed E-state index contributed by atoms with van der Waals surface area (Å²) in [6.07, 6.45) is -0.495. The smallest absolute Gasteiger partial charge is 0.232 e. The third-order valence-corrected chi connectivity index (χ3v) is 6.97. The highest BCUT2D eigenvalue weighted by atomic mass is 32.2. The van der Waals surface area contributed by atoms with Crippen molar-refractivity contribution in [3.63, 3.8) is 0 Å². The summed E-state index contributed by atoms with van der Waals surface area (Å²) in [4.78, 5) is 17.7. The van der Waals surface area contributed by atoms with E-state index in [0.717, 1.165) is 35.0 Å². The molecule has 0 radical (unpaired) electrons. The van der Waals surface area contributed by atoms with E-state index in [-0.39, 0.29) is 5.91 Å². The van der Waals surface area contributed by atoms with Crippen molar-refractivity contribution in [3.8, 4) is 10.6 Å². The van der Waals surface area contributed by atoms with Crippen LogP contribution in [0.3, 0.4) is 0 Å². The Labute approximate surface area is 184 Å². The Morgan fingerprint density at radius 2 is 1.97 bits per heavy atom. The number of aromatic nitrogens is 1. The van der Waals surface area contributed by atoms with E-state index in [4.69, 9.17) is 4.52 Å². The zero-order valence-corrected chi connectivity index (χ0v) is 18.3. The summed E-state index contributed by atoms with van der Waals surface area (Å²) in [5, 5.41) is 16.5. The topological polar surface area (TPSA) is 69.8 Å². The van der Waals surface area contributed by atoms with Gasteiger partial charge in [-0.2, -0.15) is 0 Å². The fraction of sp³-hybridized carbons (Fsp3) is 0.364. The molecule has 0 saturated carbocycles. The molecule has 1 aliphatic rings. The van der Waals surface area contributed by atoms with Crippen LogP contribution in [0.4, 0.5) is 0 Å². The molecule has 30 heavy (non-hydrogen) atoms. The SMILES string of the molecule is O=C(CSCc1cc(-c2cccs2)on1)N1CCN(CC(O)c2ccccc2)CC1. The van der Waals surface area contributed by atoms with Crippen molar-refractivity contribution < 1.29 is 14.4 Å². The monoisotopic (exact) mass is 443 g/mol. The van der Waals surface area contributed by atoms with Crippen LogP contribution in [0.15, 0.2) is 58.4 Å². The van der Waals surface area contributed by atoms with Gasteiger partial charge in [-0.1, -0.05) is 41.6 Å². The quantitative estimate of drug-likeness (QED) is 0.575. The molecule has 8 heteroatoms. The number of aliphatic hydroxyl groups is 1. The van der Waals surface area contributed by atoms with Gasteiger partial charge in [0.25, 0.3) is 0 Å². The average molecular weight is 444 g/mol. The maximum Gasteiger partial charge on any atom is 0.232 e. The van der Waals surface area contributed by atoms with E-state index in [9.17, 15) is 9.90 Å². The fourth-order valence-electron chi connectivity index (χ4n) is 3.45. The van der Waals surface area contributed by atoms with Crippen LogP contribution in [0.5, 0.6) is 0 Å². The first-order valence-corrected chi connectivity index (χ1v) is 12.0. The van der Waals surface area contributed by atoms with E-state index in [2.05, 4.69) is 10.1 Å². The Morgan fingerprint density at radius 1 is 1.17 bits per heavy atom. The van der Waals surface area contributed by atoms with Crippen molar-refractivity contribution in [3.05, 3.63) is 65.2 Å². The Morgan fingerprint density at radius 3 is 2.70 bits per heavy atom. The summed E-state index contributed by atoms with van der Waals surface area (Å²) < 4.78 is 5.38. The predicted molar refractivity (Wildman–Crippen MR) is 120 cm³/mol. The molecule has 0 spiro atoms.